The average molecular weight is 618 g/mol. The molecule has 1 atom stereocenters. The van der Waals surface area contributed by atoms with Gasteiger partial charge in [0.2, 0.25) is 0 Å². The second-order valence-corrected chi connectivity index (χ2v) is 12.1. The number of halogens is 7. The highest BCUT2D eigenvalue weighted by Gasteiger charge is 2.83. The molecular formula is C29H30F7N3O2S. The van der Waals surface area contributed by atoms with Crippen LogP contribution in [0.3, 0.4) is 0 Å². The van der Waals surface area contributed by atoms with Crippen LogP contribution < -0.4 is 5.32 Å². The number of carbonyl (C=O) groups excluding carboxylic acids is 1. The predicted octanol–water partition coefficient (Wildman–Crippen LogP) is 8.26. The molecule has 0 unspecified atom stereocenters. The first-order chi connectivity index (χ1) is 19.5. The lowest BCUT2D eigenvalue weighted by Crippen LogP contribution is -2.70. The van der Waals surface area contributed by atoms with Crippen LogP contribution in [0.2, 0.25) is 0 Å². The Hall–Kier alpha value is -3.19. The Labute approximate surface area is 242 Å². The van der Waals surface area contributed by atoms with Crippen molar-refractivity contribution in [2.24, 2.45) is 5.41 Å². The quantitative estimate of drug-likeness (QED) is 0.259. The fourth-order valence-corrected chi connectivity index (χ4v) is 6.39. The summed E-state index contributed by atoms with van der Waals surface area (Å²) in [6.45, 7) is 4.27. The number of para-hydroxylation sites is 1. The van der Waals surface area contributed by atoms with Gasteiger partial charge in [0.05, 0.1) is 0 Å². The van der Waals surface area contributed by atoms with Crippen LogP contribution in [0.25, 0.3) is 0 Å². The van der Waals surface area contributed by atoms with E-state index < -0.39 is 59.5 Å². The van der Waals surface area contributed by atoms with Gasteiger partial charge in [-0.1, -0.05) is 24.3 Å². The van der Waals surface area contributed by atoms with Crippen LogP contribution in [0.4, 0.5) is 41.2 Å². The summed E-state index contributed by atoms with van der Waals surface area (Å²) in [5, 5.41) is 1.39. The topological polar surface area (TPSA) is 54.5 Å². The number of aryl methyl sites for hydroxylation is 2. The molecule has 5 nitrogen and oxygen atoms in total. The molecule has 1 saturated heterocycles. The zero-order valence-corrected chi connectivity index (χ0v) is 23.9. The van der Waals surface area contributed by atoms with Crippen LogP contribution >= 0.6 is 11.3 Å². The van der Waals surface area contributed by atoms with Crippen molar-refractivity contribution in [1.82, 2.24) is 9.88 Å². The van der Waals surface area contributed by atoms with E-state index in [1.165, 1.54) is 41.4 Å². The van der Waals surface area contributed by atoms with Gasteiger partial charge in [0.15, 0.2) is 5.13 Å². The third-order valence-electron chi connectivity index (χ3n) is 8.05. The zero-order chi connectivity index (χ0) is 31.0. The Bertz CT molecular complexity index is 1360. The number of hydrogen-bond acceptors (Lipinski definition) is 5. The number of thiophene rings is 1. The largest absolute Gasteiger partial charge is 0.438 e. The second kappa shape index (κ2) is 11.5. The summed E-state index contributed by atoms with van der Waals surface area (Å²) >= 11 is 0.645. The summed E-state index contributed by atoms with van der Waals surface area (Å²) in [4.78, 5) is 18.9. The molecule has 0 radical (unpaired) electrons. The van der Waals surface area contributed by atoms with Crippen LogP contribution in [0.15, 0.2) is 60.8 Å². The van der Waals surface area contributed by atoms with Gasteiger partial charge in [0.25, 0.3) is 0 Å². The van der Waals surface area contributed by atoms with Crippen LogP contribution in [-0.2, 0) is 16.7 Å². The minimum atomic E-state index is -6.05. The summed E-state index contributed by atoms with van der Waals surface area (Å²) in [5.41, 5.74) is -7.32. The van der Waals surface area contributed by atoms with Crippen LogP contribution in [0.5, 0.6) is 0 Å². The molecule has 0 saturated carbocycles. The van der Waals surface area contributed by atoms with Crippen molar-refractivity contribution in [2.75, 3.05) is 18.4 Å². The van der Waals surface area contributed by atoms with Gasteiger partial charge in [-0.25, -0.2) is 4.79 Å². The molecule has 0 aliphatic carbocycles. The number of likely N-dealkylation sites (tertiary alicyclic amines) is 1. The van der Waals surface area contributed by atoms with Crippen LogP contribution in [0, 0.1) is 17.5 Å². The number of nitrogens with one attached hydrogen (secondary N) is 1. The Balaban J connectivity index is 1.81. The van der Waals surface area contributed by atoms with E-state index in [0.717, 1.165) is 6.07 Å². The highest BCUT2D eigenvalue weighted by atomic mass is 32.1. The van der Waals surface area contributed by atoms with E-state index in [4.69, 9.17) is 0 Å². The molecule has 1 aliphatic heterocycles. The fourth-order valence-electron chi connectivity index (χ4n) is 5.67. The summed E-state index contributed by atoms with van der Waals surface area (Å²) in [5.74, 6) is 0. The maximum Gasteiger partial charge on any atom is 0.438 e. The first kappa shape index (κ1) is 31.7. The second-order valence-electron chi connectivity index (χ2n) is 11.0. The SMILES string of the molecule is Cc1ccc(C(C)(C)N2CC[C@@](CCc3ccc(F)s3)(C(OC(=O)Nc3ccccc3)(C(F)(F)F)C(F)(F)F)C2)cn1. The van der Waals surface area contributed by atoms with E-state index in [2.05, 4.69) is 9.72 Å². The maximum atomic E-state index is 15.1. The standard InChI is InChI=1S/C29H30F7N3O2S/c1-19-9-10-20(17-37-19)25(2,3)39-16-15-26(18-39,14-13-22-11-12-23(30)42-22)27(28(31,32)33,29(34,35)36)41-24(40)38-21-7-5-4-6-8-21/h4-12,17H,13-16,18H2,1-3H3,(H,38,40)/t26-/m1/s1. The van der Waals surface area contributed by atoms with Gasteiger partial charge in [0.1, 0.15) is 0 Å². The number of alkyl halides is 6. The van der Waals surface area contributed by atoms with E-state index >= 15 is 26.3 Å². The molecule has 228 valence electrons. The minimum absolute atomic E-state index is 0.0371. The highest BCUT2D eigenvalue weighted by molar-refractivity contribution is 7.10. The average Bonchev–Trinajstić information content (AvgIpc) is 3.53. The first-order valence-corrected chi connectivity index (χ1v) is 13.9. The molecule has 2 aromatic heterocycles. The van der Waals surface area contributed by atoms with E-state index in [1.54, 1.807) is 39.0 Å². The molecule has 42 heavy (non-hydrogen) atoms. The van der Waals surface area contributed by atoms with E-state index in [9.17, 15) is 9.18 Å². The Kier molecular flexibility index (Phi) is 8.67. The number of aromatic nitrogens is 1. The molecule has 1 aromatic carbocycles. The van der Waals surface area contributed by atoms with Crippen LogP contribution in [0.1, 0.15) is 42.8 Å². The third-order valence-corrected chi connectivity index (χ3v) is 8.99. The number of pyridine rings is 1. The van der Waals surface area contributed by atoms with Gasteiger partial charge < -0.3 is 4.74 Å². The van der Waals surface area contributed by atoms with Crippen molar-refractivity contribution in [3.63, 3.8) is 0 Å². The van der Waals surface area contributed by atoms with E-state index in [1.807, 2.05) is 5.32 Å². The van der Waals surface area contributed by atoms with Crippen molar-refractivity contribution in [3.05, 3.63) is 82.1 Å². The number of nitrogens with zero attached hydrogens (tertiary/aromatic N) is 2. The van der Waals surface area contributed by atoms with E-state index in [-0.39, 0.29) is 23.5 Å². The molecule has 1 aliphatic rings. The van der Waals surface area contributed by atoms with Gasteiger partial charge in [-0.2, -0.15) is 30.7 Å². The Morgan fingerprint density at radius 2 is 1.69 bits per heavy atom. The summed E-state index contributed by atoms with van der Waals surface area (Å²) in [6, 6.07) is 12.9. The molecule has 4 rings (SSSR count). The lowest BCUT2D eigenvalue weighted by atomic mass is 9.66. The van der Waals surface area contributed by atoms with Crippen LogP contribution in [-0.4, -0.2) is 47.0 Å². The minimum Gasteiger partial charge on any atom is -0.422 e. The normalized spacial score (nSPS) is 18.7. The molecule has 1 N–H and O–H groups in total. The summed E-state index contributed by atoms with van der Waals surface area (Å²) in [6.07, 6.45) is -14.0. The number of anilines is 1. The molecule has 1 amide bonds. The van der Waals surface area contributed by atoms with Crippen molar-refractivity contribution < 1.29 is 40.3 Å². The first-order valence-electron chi connectivity index (χ1n) is 13.1. The van der Waals surface area contributed by atoms with E-state index in [0.29, 0.717) is 22.6 Å². The number of carbonyl (C=O) groups is 1. The van der Waals surface area contributed by atoms with Gasteiger partial charge in [0, 0.05) is 40.0 Å². The Morgan fingerprint density at radius 3 is 2.24 bits per heavy atom. The fraction of sp³-hybridized carbons (Fsp3) is 0.448. The van der Waals surface area contributed by atoms with Crippen molar-refractivity contribution in [1.29, 1.82) is 0 Å². The zero-order valence-electron chi connectivity index (χ0n) is 23.1. The molecular weight excluding hydrogens is 587 g/mol. The number of benzene rings is 1. The van der Waals surface area contributed by atoms with Crippen molar-refractivity contribution in [3.8, 4) is 0 Å². The Morgan fingerprint density at radius 1 is 1.02 bits per heavy atom. The summed E-state index contributed by atoms with van der Waals surface area (Å²) in [7, 11) is 0. The smallest absolute Gasteiger partial charge is 0.422 e. The highest BCUT2D eigenvalue weighted by Crippen LogP contribution is 2.61. The molecule has 13 heteroatoms. The predicted molar refractivity (Wildman–Crippen MR) is 145 cm³/mol. The maximum absolute atomic E-state index is 15.1. The van der Waals surface area contributed by atoms with Gasteiger partial charge in [-0.05, 0) is 82.5 Å². The lowest BCUT2D eigenvalue weighted by molar-refractivity contribution is -0.399. The molecule has 0 bridgehead atoms. The monoisotopic (exact) mass is 617 g/mol. The van der Waals surface area contributed by atoms with Crippen molar-refractivity contribution >= 4 is 23.1 Å². The lowest BCUT2D eigenvalue weighted by Gasteiger charge is -2.49. The molecule has 3 heterocycles. The number of ether oxygens (including phenoxy) is 1. The van der Waals surface area contributed by atoms with Crippen molar-refractivity contribution in [2.45, 2.75) is 63.5 Å². The number of amides is 1. The van der Waals surface area contributed by atoms with Gasteiger partial charge in [-0.3, -0.25) is 15.2 Å². The number of rotatable bonds is 8. The van der Waals surface area contributed by atoms with Gasteiger partial charge >= 0.3 is 24.0 Å². The number of hydrogen-bond donors (Lipinski definition) is 1. The molecule has 1 fully saturated rings. The molecule has 3 aromatic rings. The molecule has 0 spiro atoms. The summed E-state index contributed by atoms with van der Waals surface area (Å²) < 4.78 is 109. The third kappa shape index (κ3) is 5.98. The van der Waals surface area contributed by atoms with Gasteiger partial charge in [-0.15, -0.1) is 11.3 Å².